The number of carbonyl (C=O) groups excluding carboxylic acids is 2. The summed E-state index contributed by atoms with van der Waals surface area (Å²) in [5, 5.41) is 0. The lowest BCUT2D eigenvalue weighted by molar-refractivity contribution is -0.144. The number of amides is 2. The van der Waals surface area contributed by atoms with Crippen LogP contribution < -0.4 is 0 Å². The minimum Gasteiger partial charge on any atom is -0.372 e. The van der Waals surface area contributed by atoms with Crippen molar-refractivity contribution in [3.63, 3.8) is 0 Å². The maximum atomic E-state index is 13.3. The van der Waals surface area contributed by atoms with E-state index in [1.807, 2.05) is 13.0 Å². The summed E-state index contributed by atoms with van der Waals surface area (Å²) in [6.07, 6.45) is 6.10. The molecule has 0 N–H and O–H groups in total. The first-order valence-electron chi connectivity index (χ1n) is 11.2. The summed E-state index contributed by atoms with van der Waals surface area (Å²) in [5.41, 5.74) is 1.20. The Morgan fingerprint density at radius 2 is 1.76 bits per heavy atom. The number of fused-ring (bicyclic) bond motifs is 1. The molecule has 29 heavy (non-hydrogen) atoms. The molecular formula is C24H34N2O3. The van der Waals surface area contributed by atoms with Crippen LogP contribution in [0.25, 0.3) is 0 Å². The second-order valence-corrected chi connectivity index (χ2v) is 9.21. The molecule has 2 aliphatic heterocycles. The van der Waals surface area contributed by atoms with Crippen molar-refractivity contribution >= 4 is 11.8 Å². The lowest BCUT2D eigenvalue weighted by Crippen LogP contribution is -2.61. The van der Waals surface area contributed by atoms with Gasteiger partial charge in [-0.15, -0.1) is 0 Å². The van der Waals surface area contributed by atoms with Gasteiger partial charge in [-0.1, -0.05) is 50.1 Å². The second kappa shape index (κ2) is 8.10. The molecule has 1 aliphatic carbocycles. The highest BCUT2D eigenvalue weighted by Gasteiger charge is 2.63. The smallest absolute Gasteiger partial charge is 0.249 e. The minimum absolute atomic E-state index is 0.0259. The molecule has 158 valence electrons. The molecule has 2 saturated heterocycles. The molecule has 2 heterocycles. The van der Waals surface area contributed by atoms with Crippen molar-refractivity contribution in [2.24, 2.45) is 5.41 Å². The molecule has 1 aromatic rings. The third-order valence-electron chi connectivity index (χ3n) is 7.58. The summed E-state index contributed by atoms with van der Waals surface area (Å²) in [5.74, 6) is 0.237. The van der Waals surface area contributed by atoms with Crippen LogP contribution in [0.1, 0.15) is 58.4 Å². The van der Waals surface area contributed by atoms with Crippen molar-refractivity contribution in [3.8, 4) is 0 Å². The first kappa shape index (κ1) is 20.4. The van der Waals surface area contributed by atoms with E-state index in [2.05, 4.69) is 41.0 Å². The Kier molecular flexibility index (Phi) is 5.69. The highest BCUT2D eigenvalue weighted by Crippen LogP contribution is 2.55. The van der Waals surface area contributed by atoms with Crippen LogP contribution in [0.5, 0.6) is 0 Å². The number of ether oxygens (including phenoxy) is 1. The standard InChI is InChI=1S/C24H34N2O3/c1-4-29-16-23(28)26-20-15-24(3)21(12-8-9-13-22(24)26)25(17(2)27)19(20)14-18-10-6-5-7-11-18/h5-7,10-11,19-22H,4,8-9,12-16H2,1-3H3/t19-,20-,21+,22-,24+/m0/s1. The predicted octanol–water partition coefficient (Wildman–Crippen LogP) is 3.41. The number of piperidine rings is 1. The zero-order valence-corrected chi connectivity index (χ0v) is 18.0. The summed E-state index contributed by atoms with van der Waals surface area (Å²) < 4.78 is 5.51. The van der Waals surface area contributed by atoms with E-state index < -0.39 is 0 Å². The second-order valence-electron chi connectivity index (χ2n) is 9.21. The van der Waals surface area contributed by atoms with Crippen LogP contribution >= 0.6 is 0 Å². The molecule has 1 saturated carbocycles. The van der Waals surface area contributed by atoms with E-state index in [-0.39, 0.29) is 48.0 Å². The molecule has 2 bridgehead atoms. The normalized spacial score (nSPS) is 33.5. The average molecular weight is 399 g/mol. The maximum absolute atomic E-state index is 13.3. The molecule has 3 fully saturated rings. The van der Waals surface area contributed by atoms with E-state index in [4.69, 9.17) is 4.74 Å². The molecule has 3 aliphatic rings. The summed E-state index contributed by atoms with van der Waals surface area (Å²) in [7, 11) is 0. The molecule has 1 aromatic carbocycles. The summed E-state index contributed by atoms with van der Waals surface area (Å²) in [6.45, 7) is 6.64. The van der Waals surface area contributed by atoms with Crippen LogP contribution in [0, 0.1) is 5.41 Å². The Balaban J connectivity index is 1.75. The highest BCUT2D eigenvalue weighted by atomic mass is 16.5. The van der Waals surface area contributed by atoms with Crippen molar-refractivity contribution < 1.29 is 14.3 Å². The van der Waals surface area contributed by atoms with E-state index in [0.717, 1.165) is 38.5 Å². The van der Waals surface area contributed by atoms with Gasteiger partial charge in [0.25, 0.3) is 0 Å². The van der Waals surface area contributed by atoms with Gasteiger partial charge >= 0.3 is 0 Å². The van der Waals surface area contributed by atoms with Crippen LogP contribution in [-0.2, 0) is 20.7 Å². The molecule has 5 atom stereocenters. The number of carbonyl (C=O) groups is 2. The van der Waals surface area contributed by atoms with Crippen molar-refractivity contribution in [2.45, 2.75) is 83.5 Å². The zero-order valence-electron chi connectivity index (χ0n) is 18.0. The Labute approximate surface area is 174 Å². The van der Waals surface area contributed by atoms with E-state index in [9.17, 15) is 9.59 Å². The van der Waals surface area contributed by atoms with Gasteiger partial charge in [0.1, 0.15) is 6.61 Å². The number of likely N-dealkylation sites (tertiary alicyclic amines) is 2. The van der Waals surface area contributed by atoms with Crippen LogP contribution in [0.3, 0.4) is 0 Å². The third-order valence-corrected chi connectivity index (χ3v) is 7.58. The Morgan fingerprint density at radius 3 is 2.38 bits per heavy atom. The minimum atomic E-state index is -0.0259. The van der Waals surface area contributed by atoms with Crippen molar-refractivity contribution in [3.05, 3.63) is 35.9 Å². The highest BCUT2D eigenvalue weighted by molar-refractivity contribution is 5.80. The lowest BCUT2D eigenvalue weighted by Gasteiger charge is -2.50. The molecule has 0 radical (unpaired) electrons. The molecule has 0 spiro atoms. The number of nitrogens with zero attached hydrogens (tertiary/aromatic N) is 2. The lowest BCUT2D eigenvalue weighted by atomic mass is 9.69. The van der Waals surface area contributed by atoms with E-state index >= 15 is 0 Å². The third kappa shape index (κ3) is 3.48. The van der Waals surface area contributed by atoms with Crippen molar-refractivity contribution in [2.75, 3.05) is 13.2 Å². The van der Waals surface area contributed by atoms with Crippen LogP contribution in [0.4, 0.5) is 0 Å². The molecule has 0 unspecified atom stereocenters. The Hall–Kier alpha value is -1.88. The molecule has 2 amide bonds. The van der Waals surface area contributed by atoms with Gasteiger partial charge in [-0.05, 0) is 38.2 Å². The fourth-order valence-corrected chi connectivity index (χ4v) is 6.43. The number of hydrogen-bond acceptors (Lipinski definition) is 3. The van der Waals surface area contributed by atoms with E-state index in [0.29, 0.717) is 6.61 Å². The van der Waals surface area contributed by atoms with Gasteiger partial charge in [-0.2, -0.15) is 0 Å². The number of benzene rings is 1. The Bertz CT molecular complexity index is 752. The molecule has 5 heteroatoms. The number of rotatable bonds is 5. The van der Waals surface area contributed by atoms with E-state index in [1.165, 1.54) is 5.56 Å². The van der Waals surface area contributed by atoms with Crippen molar-refractivity contribution in [1.29, 1.82) is 0 Å². The van der Waals surface area contributed by atoms with Gasteiger partial charge in [-0.25, -0.2) is 0 Å². The number of hydrogen-bond donors (Lipinski definition) is 0. The molecule has 0 aromatic heterocycles. The van der Waals surface area contributed by atoms with Gasteiger partial charge in [0.2, 0.25) is 11.8 Å². The summed E-state index contributed by atoms with van der Waals surface area (Å²) >= 11 is 0. The first-order valence-corrected chi connectivity index (χ1v) is 11.2. The average Bonchev–Trinajstić information content (AvgIpc) is 2.86. The van der Waals surface area contributed by atoms with Crippen molar-refractivity contribution in [1.82, 2.24) is 9.80 Å². The summed E-state index contributed by atoms with van der Waals surface area (Å²) in [4.78, 5) is 30.5. The monoisotopic (exact) mass is 398 g/mol. The van der Waals surface area contributed by atoms with Gasteiger partial charge < -0.3 is 14.5 Å². The van der Waals surface area contributed by atoms with Gasteiger partial charge in [0.15, 0.2) is 0 Å². The van der Waals surface area contributed by atoms with E-state index in [1.54, 1.807) is 6.92 Å². The van der Waals surface area contributed by atoms with Gasteiger partial charge in [-0.3, -0.25) is 9.59 Å². The topological polar surface area (TPSA) is 49.9 Å². The van der Waals surface area contributed by atoms with Gasteiger partial charge in [0, 0.05) is 31.0 Å². The quantitative estimate of drug-likeness (QED) is 0.764. The van der Waals surface area contributed by atoms with Crippen LogP contribution in [0.15, 0.2) is 30.3 Å². The largest absolute Gasteiger partial charge is 0.372 e. The molecule has 5 nitrogen and oxygen atoms in total. The van der Waals surface area contributed by atoms with Crippen LogP contribution in [-0.4, -0.2) is 59.0 Å². The predicted molar refractivity (Wildman–Crippen MR) is 112 cm³/mol. The fraction of sp³-hybridized carbons (Fsp3) is 0.667. The summed E-state index contributed by atoms with van der Waals surface area (Å²) in [6, 6.07) is 10.9. The molecular weight excluding hydrogens is 364 g/mol. The first-order chi connectivity index (χ1) is 14.0. The van der Waals surface area contributed by atoms with Gasteiger partial charge in [0.05, 0.1) is 12.1 Å². The van der Waals surface area contributed by atoms with Crippen LogP contribution in [0.2, 0.25) is 0 Å². The zero-order chi connectivity index (χ0) is 20.6. The fourth-order valence-electron chi connectivity index (χ4n) is 6.43. The SMILES string of the molecule is CCOCC(=O)N1[C@H]2CCCC[C@H]3N(C(C)=O)[C@@H](Cc4ccccc4)[C@@H]1C[C@@]23C. The molecule has 4 rings (SSSR count). The maximum Gasteiger partial charge on any atom is 0.249 e. The Morgan fingerprint density at radius 1 is 1.10 bits per heavy atom.